The lowest BCUT2D eigenvalue weighted by Crippen LogP contribution is -2.58. The van der Waals surface area contributed by atoms with E-state index in [2.05, 4.69) is 34.4 Å². The summed E-state index contributed by atoms with van der Waals surface area (Å²) in [6, 6.07) is 1.75. The van der Waals surface area contributed by atoms with Gasteiger partial charge in [0.05, 0.1) is 6.04 Å². The minimum Gasteiger partial charge on any atom is -0.311 e. The summed E-state index contributed by atoms with van der Waals surface area (Å²) in [5.74, 6) is 0.891. The number of piperazine rings is 1. The molecule has 112 valence electrons. The molecule has 1 aliphatic carbocycles. The van der Waals surface area contributed by atoms with Crippen molar-refractivity contribution in [2.75, 3.05) is 13.1 Å². The van der Waals surface area contributed by atoms with Crippen LogP contribution in [0.2, 0.25) is 0 Å². The topological polar surface area (TPSA) is 28.2 Å². The maximum absolute atomic E-state index is 4.52. The highest BCUT2D eigenvalue weighted by molar-refractivity contribution is 7.09. The molecule has 4 heteroatoms. The predicted molar refractivity (Wildman–Crippen MR) is 85.1 cm³/mol. The van der Waals surface area contributed by atoms with Crippen molar-refractivity contribution in [3.63, 3.8) is 0 Å². The first-order valence-electron chi connectivity index (χ1n) is 8.14. The molecular weight excluding hydrogens is 266 g/mol. The van der Waals surface area contributed by atoms with E-state index in [-0.39, 0.29) is 0 Å². The normalized spacial score (nSPS) is 31.3. The largest absolute Gasteiger partial charge is 0.311 e. The number of nitrogens with zero attached hydrogens (tertiary/aromatic N) is 2. The Balaban J connectivity index is 1.66. The molecule has 2 fully saturated rings. The summed E-state index contributed by atoms with van der Waals surface area (Å²) in [5.41, 5.74) is 0. The maximum atomic E-state index is 4.52. The fourth-order valence-electron chi connectivity index (χ4n) is 3.89. The van der Waals surface area contributed by atoms with Crippen LogP contribution in [0.1, 0.15) is 57.0 Å². The lowest BCUT2D eigenvalue weighted by molar-refractivity contribution is 0.0717. The van der Waals surface area contributed by atoms with Crippen LogP contribution in [-0.2, 0) is 0 Å². The summed E-state index contributed by atoms with van der Waals surface area (Å²) in [6.45, 7) is 6.97. The minimum absolute atomic E-state index is 0.457. The van der Waals surface area contributed by atoms with Gasteiger partial charge in [0.2, 0.25) is 0 Å². The quantitative estimate of drug-likeness (QED) is 0.925. The predicted octanol–water partition coefficient (Wildman–Crippen LogP) is 3.45. The smallest absolute Gasteiger partial charge is 0.109 e. The molecule has 1 aliphatic heterocycles. The number of hydrogen-bond acceptors (Lipinski definition) is 4. The van der Waals surface area contributed by atoms with Crippen molar-refractivity contribution in [3.8, 4) is 0 Å². The molecule has 3 rings (SSSR count). The van der Waals surface area contributed by atoms with Crippen LogP contribution in [0.25, 0.3) is 0 Å². The standard InChI is InChI=1S/C16H27N3S/c1-12-10-18-15(14-6-4-3-5-7-14)11-19(12)13(2)16-17-8-9-20-16/h8-9,12-15,18H,3-7,10-11H2,1-2H3. The first-order chi connectivity index (χ1) is 9.75. The fraction of sp³-hybridized carbons (Fsp3) is 0.812. The van der Waals surface area contributed by atoms with Crippen molar-refractivity contribution in [1.82, 2.24) is 15.2 Å². The molecule has 2 heterocycles. The number of thiazole rings is 1. The second kappa shape index (κ2) is 6.54. The van der Waals surface area contributed by atoms with E-state index in [9.17, 15) is 0 Å². The van der Waals surface area contributed by atoms with E-state index in [4.69, 9.17) is 0 Å². The maximum Gasteiger partial charge on any atom is 0.109 e. The average Bonchev–Trinajstić information content (AvgIpc) is 3.02. The van der Waals surface area contributed by atoms with Gasteiger partial charge in [-0.3, -0.25) is 4.90 Å². The van der Waals surface area contributed by atoms with Gasteiger partial charge in [0.1, 0.15) is 5.01 Å². The Morgan fingerprint density at radius 3 is 2.85 bits per heavy atom. The van der Waals surface area contributed by atoms with Crippen molar-refractivity contribution in [3.05, 3.63) is 16.6 Å². The summed E-state index contributed by atoms with van der Waals surface area (Å²) < 4.78 is 0. The molecule has 1 aromatic rings. The van der Waals surface area contributed by atoms with Crippen LogP contribution < -0.4 is 5.32 Å². The molecule has 1 aromatic heterocycles. The number of rotatable bonds is 3. The van der Waals surface area contributed by atoms with E-state index in [1.165, 1.54) is 43.7 Å². The minimum atomic E-state index is 0.457. The van der Waals surface area contributed by atoms with Crippen molar-refractivity contribution in [2.24, 2.45) is 5.92 Å². The Hall–Kier alpha value is -0.450. The summed E-state index contributed by atoms with van der Waals surface area (Å²) in [4.78, 5) is 7.18. The third-order valence-electron chi connectivity index (χ3n) is 5.17. The molecule has 0 aromatic carbocycles. The van der Waals surface area contributed by atoms with Crippen LogP contribution >= 0.6 is 11.3 Å². The van der Waals surface area contributed by atoms with Gasteiger partial charge >= 0.3 is 0 Å². The molecule has 0 radical (unpaired) electrons. The van der Waals surface area contributed by atoms with Crippen molar-refractivity contribution >= 4 is 11.3 Å². The average molecular weight is 293 g/mol. The molecule has 3 unspecified atom stereocenters. The Labute approximate surface area is 126 Å². The van der Waals surface area contributed by atoms with Crippen molar-refractivity contribution in [1.29, 1.82) is 0 Å². The van der Waals surface area contributed by atoms with Crippen LogP contribution in [0.4, 0.5) is 0 Å². The number of hydrogen-bond donors (Lipinski definition) is 1. The lowest BCUT2D eigenvalue weighted by atomic mass is 9.82. The summed E-state index contributed by atoms with van der Waals surface area (Å²) >= 11 is 1.79. The molecule has 20 heavy (non-hydrogen) atoms. The van der Waals surface area contributed by atoms with E-state index < -0.39 is 0 Å². The van der Waals surface area contributed by atoms with Gasteiger partial charge in [-0.25, -0.2) is 4.98 Å². The van der Waals surface area contributed by atoms with Gasteiger partial charge in [0.15, 0.2) is 0 Å². The van der Waals surface area contributed by atoms with Crippen LogP contribution in [0.3, 0.4) is 0 Å². The fourth-order valence-corrected chi connectivity index (χ4v) is 4.60. The van der Waals surface area contributed by atoms with Crippen molar-refractivity contribution in [2.45, 2.75) is 64.1 Å². The SMILES string of the molecule is CC1CNC(C2CCCCC2)CN1C(C)c1nccs1. The second-order valence-electron chi connectivity index (χ2n) is 6.50. The first kappa shape index (κ1) is 14.5. The van der Waals surface area contributed by atoms with Gasteiger partial charge in [-0.15, -0.1) is 11.3 Å². The zero-order valence-electron chi connectivity index (χ0n) is 12.7. The highest BCUT2D eigenvalue weighted by Crippen LogP contribution is 2.31. The summed E-state index contributed by atoms with van der Waals surface area (Å²) in [6.07, 6.45) is 9.08. The Morgan fingerprint density at radius 2 is 2.15 bits per heavy atom. The first-order valence-corrected chi connectivity index (χ1v) is 9.02. The second-order valence-corrected chi connectivity index (χ2v) is 7.43. The van der Waals surface area contributed by atoms with Gasteiger partial charge in [0.25, 0.3) is 0 Å². The Morgan fingerprint density at radius 1 is 1.35 bits per heavy atom. The molecule has 0 bridgehead atoms. The van der Waals surface area contributed by atoms with Crippen molar-refractivity contribution < 1.29 is 0 Å². The molecule has 1 saturated heterocycles. The third kappa shape index (κ3) is 3.07. The molecule has 0 amide bonds. The highest BCUT2D eigenvalue weighted by atomic mass is 32.1. The third-order valence-corrected chi connectivity index (χ3v) is 6.12. The van der Waals surface area contributed by atoms with Crippen LogP contribution in [-0.4, -0.2) is 35.1 Å². The summed E-state index contributed by atoms with van der Waals surface area (Å²) in [5, 5.41) is 7.17. The van der Waals surface area contributed by atoms with E-state index in [0.717, 1.165) is 12.5 Å². The Bertz CT molecular complexity index is 400. The van der Waals surface area contributed by atoms with Crippen LogP contribution in [0, 0.1) is 5.92 Å². The van der Waals surface area contributed by atoms with Gasteiger partial charge in [-0.1, -0.05) is 19.3 Å². The van der Waals surface area contributed by atoms with Crippen LogP contribution in [0.5, 0.6) is 0 Å². The van der Waals surface area contributed by atoms with E-state index in [1.54, 1.807) is 11.3 Å². The number of aromatic nitrogens is 1. The lowest BCUT2D eigenvalue weighted by Gasteiger charge is -2.45. The molecule has 3 nitrogen and oxygen atoms in total. The monoisotopic (exact) mass is 293 g/mol. The molecular formula is C16H27N3S. The van der Waals surface area contributed by atoms with Gasteiger partial charge < -0.3 is 5.32 Å². The zero-order valence-corrected chi connectivity index (χ0v) is 13.5. The Kier molecular flexibility index (Phi) is 4.74. The highest BCUT2D eigenvalue weighted by Gasteiger charge is 2.34. The van der Waals surface area contributed by atoms with Gasteiger partial charge in [0, 0.05) is 36.8 Å². The molecule has 1 N–H and O–H groups in total. The number of nitrogens with one attached hydrogen (secondary N) is 1. The van der Waals surface area contributed by atoms with Crippen LogP contribution in [0.15, 0.2) is 11.6 Å². The van der Waals surface area contributed by atoms with Gasteiger partial charge in [-0.2, -0.15) is 0 Å². The molecule has 3 atom stereocenters. The van der Waals surface area contributed by atoms with E-state index >= 15 is 0 Å². The molecule has 2 aliphatic rings. The summed E-state index contributed by atoms with van der Waals surface area (Å²) in [7, 11) is 0. The molecule has 1 saturated carbocycles. The molecule has 0 spiro atoms. The van der Waals surface area contributed by atoms with E-state index in [1.807, 2.05) is 6.20 Å². The van der Waals surface area contributed by atoms with E-state index in [0.29, 0.717) is 18.1 Å². The van der Waals surface area contributed by atoms with Gasteiger partial charge in [-0.05, 0) is 32.6 Å². The zero-order chi connectivity index (χ0) is 13.9.